The second-order valence-electron chi connectivity index (χ2n) is 3.71. The summed E-state index contributed by atoms with van der Waals surface area (Å²) >= 11 is 3.35. The number of hydrogen-bond donors (Lipinski definition) is 0. The summed E-state index contributed by atoms with van der Waals surface area (Å²) in [6.07, 6.45) is 1.94. The van der Waals surface area contributed by atoms with Gasteiger partial charge in [-0.3, -0.25) is 0 Å². The molecule has 1 aromatic heterocycles. The molecule has 0 saturated heterocycles. The standard InChI is InChI=1S/C12H13BrN2O/c1-9-3-5-11(6-4-9)16-8-10-7-15(2)12(13)14-10/h3-7H,8H2,1-2H3. The van der Waals surface area contributed by atoms with Crippen molar-refractivity contribution >= 4 is 15.9 Å². The maximum atomic E-state index is 5.62. The van der Waals surface area contributed by atoms with Crippen LogP contribution in [-0.4, -0.2) is 9.55 Å². The second kappa shape index (κ2) is 4.70. The summed E-state index contributed by atoms with van der Waals surface area (Å²) in [6, 6.07) is 7.99. The maximum absolute atomic E-state index is 5.62. The molecule has 0 N–H and O–H groups in total. The van der Waals surface area contributed by atoms with Gasteiger partial charge in [0.15, 0.2) is 4.73 Å². The Morgan fingerprint density at radius 3 is 2.56 bits per heavy atom. The fourth-order valence-corrected chi connectivity index (χ4v) is 1.69. The summed E-state index contributed by atoms with van der Waals surface area (Å²) < 4.78 is 8.34. The predicted molar refractivity (Wildman–Crippen MR) is 66.4 cm³/mol. The summed E-state index contributed by atoms with van der Waals surface area (Å²) in [5, 5.41) is 0. The average Bonchev–Trinajstić information content (AvgIpc) is 2.58. The van der Waals surface area contributed by atoms with Gasteiger partial charge < -0.3 is 9.30 Å². The molecule has 0 unspecified atom stereocenters. The molecule has 0 spiro atoms. The van der Waals surface area contributed by atoms with E-state index in [9.17, 15) is 0 Å². The number of hydrogen-bond acceptors (Lipinski definition) is 2. The van der Waals surface area contributed by atoms with Crippen LogP contribution >= 0.6 is 15.9 Å². The molecular formula is C12H13BrN2O. The molecule has 84 valence electrons. The molecule has 0 aliphatic rings. The van der Waals surface area contributed by atoms with Gasteiger partial charge in [0, 0.05) is 13.2 Å². The first-order valence-corrected chi connectivity index (χ1v) is 5.81. The zero-order chi connectivity index (χ0) is 11.5. The first-order chi connectivity index (χ1) is 7.65. The number of rotatable bonds is 3. The number of nitrogens with zero attached hydrogens (tertiary/aromatic N) is 2. The summed E-state index contributed by atoms with van der Waals surface area (Å²) in [5.74, 6) is 0.868. The van der Waals surface area contributed by atoms with Gasteiger partial charge in [-0.25, -0.2) is 4.98 Å². The van der Waals surface area contributed by atoms with Crippen LogP contribution in [0.4, 0.5) is 0 Å². The normalized spacial score (nSPS) is 10.4. The molecule has 0 saturated carbocycles. The zero-order valence-electron chi connectivity index (χ0n) is 9.27. The lowest BCUT2D eigenvalue weighted by Gasteiger charge is -2.03. The third kappa shape index (κ3) is 2.64. The fourth-order valence-electron chi connectivity index (χ4n) is 1.36. The van der Waals surface area contributed by atoms with Crippen LogP contribution < -0.4 is 4.74 Å². The molecule has 0 amide bonds. The fraction of sp³-hybridized carbons (Fsp3) is 0.250. The van der Waals surface area contributed by atoms with E-state index in [-0.39, 0.29) is 0 Å². The summed E-state index contributed by atoms with van der Waals surface area (Å²) in [4.78, 5) is 4.30. The van der Waals surface area contributed by atoms with Gasteiger partial charge in [0.05, 0.1) is 5.69 Å². The maximum Gasteiger partial charge on any atom is 0.177 e. The number of aryl methyl sites for hydroxylation is 2. The SMILES string of the molecule is Cc1ccc(OCc2cn(C)c(Br)n2)cc1. The lowest BCUT2D eigenvalue weighted by atomic mass is 10.2. The highest BCUT2D eigenvalue weighted by Gasteiger charge is 2.02. The Bertz CT molecular complexity index is 457. The average molecular weight is 281 g/mol. The third-order valence-corrected chi connectivity index (χ3v) is 3.01. The van der Waals surface area contributed by atoms with Crippen LogP contribution in [0.3, 0.4) is 0 Å². The van der Waals surface area contributed by atoms with Crippen LogP contribution in [0.15, 0.2) is 35.2 Å². The van der Waals surface area contributed by atoms with Gasteiger partial charge in [0.1, 0.15) is 12.4 Å². The smallest absolute Gasteiger partial charge is 0.177 e. The lowest BCUT2D eigenvalue weighted by molar-refractivity contribution is 0.301. The number of imidazole rings is 1. The third-order valence-electron chi connectivity index (χ3n) is 2.28. The van der Waals surface area contributed by atoms with E-state index in [1.165, 1.54) is 5.56 Å². The molecule has 0 bridgehead atoms. The van der Waals surface area contributed by atoms with E-state index in [1.807, 2.05) is 42.1 Å². The van der Waals surface area contributed by atoms with E-state index >= 15 is 0 Å². The molecule has 16 heavy (non-hydrogen) atoms. The molecule has 4 heteroatoms. The van der Waals surface area contributed by atoms with E-state index in [1.54, 1.807) is 0 Å². The molecule has 2 rings (SSSR count). The van der Waals surface area contributed by atoms with Crippen molar-refractivity contribution in [3.05, 3.63) is 46.5 Å². The predicted octanol–water partition coefficient (Wildman–Crippen LogP) is 3.07. The van der Waals surface area contributed by atoms with Gasteiger partial charge in [-0.05, 0) is 35.0 Å². The first kappa shape index (κ1) is 11.2. The van der Waals surface area contributed by atoms with Gasteiger partial charge in [-0.15, -0.1) is 0 Å². The van der Waals surface area contributed by atoms with Gasteiger partial charge in [0.2, 0.25) is 0 Å². The minimum Gasteiger partial charge on any atom is -0.487 e. The molecule has 1 aromatic carbocycles. The largest absolute Gasteiger partial charge is 0.487 e. The second-order valence-corrected chi connectivity index (χ2v) is 4.42. The van der Waals surface area contributed by atoms with E-state index < -0.39 is 0 Å². The molecule has 0 fully saturated rings. The minimum atomic E-state index is 0.489. The highest BCUT2D eigenvalue weighted by molar-refractivity contribution is 9.10. The van der Waals surface area contributed by atoms with Crippen LogP contribution in [0.25, 0.3) is 0 Å². The van der Waals surface area contributed by atoms with E-state index in [2.05, 4.69) is 27.8 Å². The monoisotopic (exact) mass is 280 g/mol. The quantitative estimate of drug-likeness (QED) is 0.864. The van der Waals surface area contributed by atoms with Crippen molar-refractivity contribution in [1.29, 1.82) is 0 Å². The Morgan fingerprint density at radius 2 is 2.00 bits per heavy atom. The van der Waals surface area contributed by atoms with Crippen molar-refractivity contribution in [2.24, 2.45) is 7.05 Å². The minimum absolute atomic E-state index is 0.489. The van der Waals surface area contributed by atoms with Crippen molar-refractivity contribution in [1.82, 2.24) is 9.55 Å². The van der Waals surface area contributed by atoms with Crippen molar-refractivity contribution in [2.45, 2.75) is 13.5 Å². The van der Waals surface area contributed by atoms with Crippen LogP contribution in [-0.2, 0) is 13.7 Å². The number of benzene rings is 1. The Morgan fingerprint density at radius 1 is 1.31 bits per heavy atom. The molecule has 2 aromatic rings. The summed E-state index contributed by atoms with van der Waals surface area (Å²) in [6.45, 7) is 2.54. The van der Waals surface area contributed by atoms with Crippen molar-refractivity contribution < 1.29 is 4.74 Å². The Hall–Kier alpha value is -1.29. The van der Waals surface area contributed by atoms with Gasteiger partial charge >= 0.3 is 0 Å². The summed E-state index contributed by atoms with van der Waals surface area (Å²) in [7, 11) is 1.94. The molecule has 0 radical (unpaired) electrons. The first-order valence-electron chi connectivity index (χ1n) is 5.02. The number of ether oxygens (including phenoxy) is 1. The van der Waals surface area contributed by atoms with Crippen molar-refractivity contribution in [3.63, 3.8) is 0 Å². The molecule has 1 heterocycles. The molecule has 0 atom stereocenters. The van der Waals surface area contributed by atoms with Crippen LogP contribution in [0.1, 0.15) is 11.3 Å². The highest BCUT2D eigenvalue weighted by atomic mass is 79.9. The zero-order valence-corrected chi connectivity index (χ0v) is 10.9. The molecule has 0 aliphatic carbocycles. The summed E-state index contributed by atoms with van der Waals surface area (Å²) in [5.41, 5.74) is 2.14. The van der Waals surface area contributed by atoms with Crippen LogP contribution in [0, 0.1) is 6.92 Å². The van der Waals surface area contributed by atoms with Gasteiger partial charge in [-0.2, -0.15) is 0 Å². The Kier molecular flexibility index (Phi) is 3.29. The molecule has 3 nitrogen and oxygen atoms in total. The van der Waals surface area contributed by atoms with Crippen molar-refractivity contribution in [3.8, 4) is 5.75 Å². The number of aromatic nitrogens is 2. The lowest BCUT2D eigenvalue weighted by Crippen LogP contribution is -1.95. The van der Waals surface area contributed by atoms with Gasteiger partial charge in [-0.1, -0.05) is 17.7 Å². The Balaban J connectivity index is 1.99. The van der Waals surface area contributed by atoms with E-state index in [0.29, 0.717) is 6.61 Å². The molecule has 0 aliphatic heterocycles. The Labute approximate surface area is 103 Å². The molecular weight excluding hydrogens is 268 g/mol. The number of halogens is 1. The highest BCUT2D eigenvalue weighted by Crippen LogP contribution is 2.14. The van der Waals surface area contributed by atoms with E-state index in [4.69, 9.17) is 4.74 Å². The van der Waals surface area contributed by atoms with Crippen LogP contribution in [0.5, 0.6) is 5.75 Å². The topological polar surface area (TPSA) is 27.1 Å². The van der Waals surface area contributed by atoms with Crippen molar-refractivity contribution in [2.75, 3.05) is 0 Å². The van der Waals surface area contributed by atoms with Gasteiger partial charge in [0.25, 0.3) is 0 Å². The van der Waals surface area contributed by atoms with E-state index in [0.717, 1.165) is 16.2 Å². The van der Waals surface area contributed by atoms with Crippen LogP contribution in [0.2, 0.25) is 0 Å².